The van der Waals surface area contributed by atoms with Gasteiger partial charge in [-0.25, -0.2) is 0 Å². The number of benzene rings is 2. The van der Waals surface area contributed by atoms with Gasteiger partial charge in [0.25, 0.3) is 0 Å². The van der Waals surface area contributed by atoms with Crippen molar-refractivity contribution in [2.75, 3.05) is 0 Å². The Bertz CT molecular complexity index is 776. The van der Waals surface area contributed by atoms with E-state index in [0.717, 1.165) is 12.8 Å². The van der Waals surface area contributed by atoms with E-state index in [1.54, 1.807) is 21.1 Å². The lowest BCUT2D eigenvalue weighted by atomic mass is 10.1. The van der Waals surface area contributed by atoms with Crippen LogP contribution in [0.3, 0.4) is 0 Å². The lowest BCUT2D eigenvalue weighted by molar-refractivity contribution is 1.14. The summed E-state index contributed by atoms with van der Waals surface area (Å²) in [5.74, 6) is 0. The third-order valence-corrected chi connectivity index (χ3v) is 10.2. The van der Waals surface area contributed by atoms with Crippen molar-refractivity contribution < 1.29 is 0 Å². The molecule has 0 fully saturated rings. The average molecular weight is 347 g/mol. The Balaban J connectivity index is 2.32. The molecule has 1 aliphatic rings. The minimum atomic E-state index is -1.96. The van der Waals surface area contributed by atoms with Gasteiger partial charge in [0.2, 0.25) is 0 Å². The van der Waals surface area contributed by atoms with Gasteiger partial charge < -0.3 is 0 Å². The Morgan fingerprint density at radius 2 is 1.20 bits per heavy atom. The average Bonchev–Trinajstić information content (AvgIpc) is 3.01. The Morgan fingerprint density at radius 3 is 1.60 bits per heavy atom. The monoisotopic (exact) mass is 346 g/mol. The highest BCUT2D eigenvalue weighted by atomic mass is 28.3. The van der Waals surface area contributed by atoms with Crippen molar-refractivity contribution in [3.8, 4) is 0 Å². The molecule has 1 heteroatoms. The molecule has 0 heterocycles. The molecular formula is C24H30Si. The highest BCUT2D eigenvalue weighted by Gasteiger charge is 2.38. The molecule has 0 unspecified atom stereocenters. The van der Waals surface area contributed by atoms with Crippen LogP contribution in [0.5, 0.6) is 0 Å². The zero-order valence-electron chi connectivity index (χ0n) is 16.5. The summed E-state index contributed by atoms with van der Waals surface area (Å²) >= 11 is 0. The largest absolute Gasteiger partial charge is 0.142 e. The lowest BCUT2D eigenvalue weighted by Gasteiger charge is -2.33. The Hall–Kier alpha value is -1.86. The highest BCUT2D eigenvalue weighted by Crippen LogP contribution is 2.30. The normalized spacial score (nSPS) is 14.5. The molecule has 0 radical (unpaired) electrons. The summed E-state index contributed by atoms with van der Waals surface area (Å²) in [7, 11) is -1.96. The molecule has 0 N–H and O–H groups in total. The van der Waals surface area contributed by atoms with Crippen LogP contribution in [-0.4, -0.2) is 8.07 Å². The van der Waals surface area contributed by atoms with Crippen molar-refractivity contribution in [2.45, 2.75) is 54.0 Å². The van der Waals surface area contributed by atoms with Crippen LogP contribution < -0.4 is 10.4 Å². The fourth-order valence-electron chi connectivity index (χ4n) is 4.45. The Kier molecular flexibility index (Phi) is 4.88. The second kappa shape index (κ2) is 6.80. The fourth-order valence-corrected chi connectivity index (χ4v) is 8.97. The zero-order chi connectivity index (χ0) is 18.2. The predicted molar refractivity (Wildman–Crippen MR) is 114 cm³/mol. The van der Waals surface area contributed by atoms with Gasteiger partial charge >= 0.3 is 0 Å². The van der Waals surface area contributed by atoms with Crippen molar-refractivity contribution in [2.24, 2.45) is 0 Å². The molecule has 0 saturated carbocycles. The molecule has 2 aromatic rings. The number of hydrogen-bond acceptors (Lipinski definition) is 0. The summed E-state index contributed by atoms with van der Waals surface area (Å²) < 4.78 is 0. The first kappa shape index (κ1) is 17.9. The van der Waals surface area contributed by atoms with Gasteiger partial charge in [0.15, 0.2) is 0 Å². The van der Waals surface area contributed by atoms with E-state index in [9.17, 15) is 0 Å². The minimum absolute atomic E-state index is 1.12. The van der Waals surface area contributed by atoms with E-state index < -0.39 is 8.07 Å². The predicted octanol–water partition coefficient (Wildman–Crippen LogP) is 5.32. The maximum absolute atomic E-state index is 2.56. The quantitative estimate of drug-likeness (QED) is 0.657. The van der Waals surface area contributed by atoms with Crippen LogP contribution >= 0.6 is 0 Å². The number of rotatable bonds is 4. The molecule has 0 saturated heterocycles. The van der Waals surface area contributed by atoms with Gasteiger partial charge in [0.1, 0.15) is 8.07 Å². The van der Waals surface area contributed by atoms with Crippen LogP contribution in [0.1, 0.15) is 42.0 Å². The van der Waals surface area contributed by atoms with Crippen molar-refractivity contribution in [1.29, 1.82) is 0 Å². The van der Waals surface area contributed by atoms with Crippen LogP contribution in [-0.2, 0) is 0 Å². The third-order valence-electron chi connectivity index (χ3n) is 5.61. The Labute approximate surface area is 154 Å². The third kappa shape index (κ3) is 3.30. The van der Waals surface area contributed by atoms with Gasteiger partial charge in [-0.15, -0.1) is 0 Å². The van der Waals surface area contributed by atoms with Crippen LogP contribution in [0, 0.1) is 27.7 Å². The molecular weight excluding hydrogens is 316 g/mol. The molecule has 3 rings (SSSR count). The molecule has 0 atom stereocenters. The van der Waals surface area contributed by atoms with Crippen LogP contribution in [0.2, 0.25) is 6.55 Å². The first-order chi connectivity index (χ1) is 11.8. The summed E-state index contributed by atoms with van der Waals surface area (Å²) in [4.78, 5) is 0. The number of hydrogen-bond donors (Lipinski definition) is 0. The number of allylic oxidation sites excluding steroid dienone is 4. The molecule has 0 aliphatic heterocycles. The van der Waals surface area contributed by atoms with Crippen LogP contribution in [0.4, 0.5) is 0 Å². The van der Waals surface area contributed by atoms with Crippen LogP contribution in [0.25, 0.3) is 0 Å². The summed E-state index contributed by atoms with van der Waals surface area (Å²) in [6.45, 7) is 13.8. The van der Waals surface area contributed by atoms with E-state index in [1.165, 1.54) is 22.3 Å². The highest BCUT2D eigenvalue weighted by molar-refractivity contribution is 7.06. The van der Waals surface area contributed by atoms with Gasteiger partial charge in [-0.3, -0.25) is 0 Å². The van der Waals surface area contributed by atoms with Crippen molar-refractivity contribution in [3.63, 3.8) is 0 Å². The fraction of sp³-hybridized carbons (Fsp3) is 0.333. The van der Waals surface area contributed by atoms with Crippen molar-refractivity contribution in [3.05, 3.63) is 81.6 Å². The van der Waals surface area contributed by atoms with Gasteiger partial charge in [-0.2, -0.15) is 0 Å². The van der Waals surface area contributed by atoms with Crippen molar-refractivity contribution in [1.82, 2.24) is 0 Å². The van der Waals surface area contributed by atoms with E-state index in [-0.39, 0.29) is 0 Å². The van der Waals surface area contributed by atoms with E-state index >= 15 is 0 Å². The van der Waals surface area contributed by atoms with Crippen molar-refractivity contribution >= 4 is 18.4 Å². The molecule has 0 spiro atoms. The van der Waals surface area contributed by atoms with Crippen LogP contribution in [0.15, 0.2) is 59.3 Å². The molecule has 0 nitrogen and oxygen atoms in total. The zero-order valence-corrected chi connectivity index (χ0v) is 17.5. The number of aryl methyl sites for hydroxylation is 4. The van der Waals surface area contributed by atoms with E-state index in [4.69, 9.17) is 0 Å². The van der Waals surface area contributed by atoms with Gasteiger partial charge in [0, 0.05) is 0 Å². The minimum Gasteiger partial charge on any atom is -0.0806 e. The lowest BCUT2D eigenvalue weighted by Crippen LogP contribution is -2.58. The van der Waals surface area contributed by atoms with E-state index in [1.807, 2.05) is 0 Å². The molecule has 2 aromatic carbocycles. The van der Waals surface area contributed by atoms with E-state index in [2.05, 4.69) is 89.7 Å². The topological polar surface area (TPSA) is 0 Å². The summed E-state index contributed by atoms with van der Waals surface area (Å²) in [5.41, 5.74) is 7.07. The van der Waals surface area contributed by atoms with Gasteiger partial charge in [-0.1, -0.05) is 95.0 Å². The molecule has 0 aromatic heterocycles. The summed E-state index contributed by atoms with van der Waals surface area (Å²) in [5, 5.41) is 4.81. The standard InChI is InChI=1S/C24H30Si/c1-7-21-9-8-10-24(21)25(6,22-13-17(2)11-18(3)14-22)23-15-19(4)12-20(5)16-23/h8-9,11-16H,7,10H2,1-6H3. The van der Waals surface area contributed by atoms with Gasteiger partial charge in [0.05, 0.1) is 0 Å². The molecule has 0 amide bonds. The smallest absolute Gasteiger partial charge is 0.0806 e. The van der Waals surface area contributed by atoms with E-state index in [0.29, 0.717) is 0 Å². The maximum Gasteiger partial charge on any atom is 0.142 e. The summed E-state index contributed by atoms with van der Waals surface area (Å²) in [6.07, 6.45) is 6.98. The maximum atomic E-state index is 2.56. The molecule has 1 aliphatic carbocycles. The van der Waals surface area contributed by atoms with Gasteiger partial charge in [-0.05, 0) is 50.9 Å². The second-order valence-electron chi connectivity index (χ2n) is 7.84. The first-order valence-electron chi connectivity index (χ1n) is 9.41. The molecule has 0 bridgehead atoms. The Morgan fingerprint density at radius 1 is 0.760 bits per heavy atom. The molecule has 25 heavy (non-hydrogen) atoms. The first-order valence-corrected chi connectivity index (χ1v) is 11.9. The molecule has 130 valence electrons. The summed E-state index contributed by atoms with van der Waals surface area (Å²) in [6, 6.07) is 14.3. The SMILES string of the molecule is CCC1=C([Si](C)(c2cc(C)cc(C)c2)c2cc(C)cc(C)c2)CC=C1. The second-order valence-corrected chi connectivity index (χ2v) is 11.8.